The number of aliphatic hydroxyl groups excluding tert-OH is 3. The van der Waals surface area contributed by atoms with E-state index in [0.29, 0.717) is 5.92 Å². The van der Waals surface area contributed by atoms with Crippen molar-refractivity contribution >= 4 is 5.97 Å². The molecule has 5 heteroatoms. The second-order valence-corrected chi connectivity index (χ2v) is 6.87. The van der Waals surface area contributed by atoms with Crippen LogP contribution < -0.4 is 0 Å². The zero-order valence-corrected chi connectivity index (χ0v) is 13.0. The van der Waals surface area contributed by atoms with Crippen molar-refractivity contribution in [1.29, 1.82) is 0 Å². The fourth-order valence-electron chi connectivity index (χ4n) is 4.05. The number of hydrogen-bond donors (Lipinski definition) is 4. The molecule has 0 aromatic carbocycles. The van der Waals surface area contributed by atoms with Gasteiger partial charge in [-0.1, -0.05) is 32.1 Å². The van der Waals surface area contributed by atoms with Gasteiger partial charge >= 0.3 is 5.97 Å². The fourth-order valence-corrected chi connectivity index (χ4v) is 4.05. The Bertz CT molecular complexity index is 400. The normalized spacial score (nSPS) is 34.0. The molecule has 0 bridgehead atoms. The van der Waals surface area contributed by atoms with Crippen molar-refractivity contribution < 1.29 is 25.2 Å². The lowest BCUT2D eigenvalue weighted by molar-refractivity contribution is -0.139. The highest BCUT2D eigenvalue weighted by atomic mass is 16.4. The van der Waals surface area contributed by atoms with E-state index >= 15 is 0 Å². The van der Waals surface area contributed by atoms with Crippen LogP contribution in [0.1, 0.15) is 57.8 Å². The van der Waals surface area contributed by atoms with Crippen LogP contribution >= 0.6 is 0 Å². The Kier molecular flexibility index (Phi) is 6.26. The van der Waals surface area contributed by atoms with Crippen molar-refractivity contribution in [2.24, 2.45) is 17.8 Å². The van der Waals surface area contributed by atoms with Gasteiger partial charge in [0.2, 0.25) is 0 Å². The third-order valence-corrected chi connectivity index (χ3v) is 5.26. The number of carboxylic acid groups (broad SMARTS) is 1. The predicted octanol–water partition coefficient (Wildman–Crippen LogP) is 2.62. The Morgan fingerprint density at radius 1 is 1.05 bits per heavy atom. The van der Waals surface area contributed by atoms with Crippen LogP contribution in [0.5, 0.6) is 0 Å². The van der Waals surface area contributed by atoms with Crippen molar-refractivity contribution in [3.8, 4) is 0 Å². The zero-order valence-electron chi connectivity index (χ0n) is 13.0. The molecule has 0 aliphatic heterocycles. The summed E-state index contributed by atoms with van der Waals surface area (Å²) >= 11 is 0. The minimum Gasteiger partial charge on any atom is -0.512 e. The first-order valence-electron chi connectivity index (χ1n) is 8.46. The average molecular weight is 312 g/mol. The molecule has 0 spiro atoms. The van der Waals surface area contributed by atoms with Gasteiger partial charge in [-0.05, 0) is 24.8 Å². The lowest BCUT2D eigenvalue weighted by Crippen LogP contribution is -2.26. The molecule has 4 atom stereocenters. The van der Waals surface area contributed by atoms with Crippen LogP contribution in [-0.4, -0.2) is 38.6 Å². The Labute approximate surface area is 131 Å². The molecule has 0 aromatic rings. The highest BCUT2D eigenvalue weighted by molar-refractivity contribution is 5.67. The summed E-state index contributed by atoms with van der Waals surface area (Å²) in [6, 6.07) is 0. The van der Waals surface area contributed by atoms with Gasteiger partial charge in [0.15, 0.2) is 0 Å². The van der Waals surface area contributed by atoms with E-state index in [-0.39, 0.29) is 18.6 Å². The molecule has 4 N–H and O–H groups in total. The van der Waals surface area contributed by atoms with Crippen LogP contribution in [0.2, 0.25) is 0 Å². The first-order valence-corrected chi connectivity index (χ1v) is 8.46. The Morgan fingerprint density at radius 3 is 2.36 bits per heavy atom. The summed E-state index contributed by atoms with van der Waals surface area (Å²) in [4.78, 5) is 10.9. The largest absolute Gasteiger partial charge is 0.512 e. The maximum Gasteiger partial charge on any atom is 0.303 e. The molecule has 0 heterocycles. The van der Waals surface area contributed by atoms with Gasteiger partial charge in [-0.25, -0.2) is 0 Å². The summed E-state index contributed by atoms with van der Waals surface area (Å²) < 4.78 is 0. The molecule has 2 aliphatic rings. The third-order valence-electron chi connectivity index (χ3n) is 5.26. The molecular weight excluding hydrogens is 284 g/mol. The minimum absolute atomic E-state index is 0.0473. The van der Waals surface area contributed by atoms with E-state index in [1.165, 1.54) is 32.1 Å². The van der Waals surface area contributed by atoms with Gasteiger partial charge in [-0.15, -0.1) is 0 Å². The lowest BCUT2D eigenvalue weighted by atomic mass is 9.85. The van der Waals surface area contributed by atoms with Gasteiger partial charge in [0.1, 0.15) is 0 Å². The smallest absolute Gasteiger partial charge is 0.303 e. The molecule has 2 rings (SSSR count). The van der Waals surface area contributed by atoms with Gasteiger partial charge in [-0.2, -0.15) is 0 Å². The lowest BCUT2D eigenvalue weighted by Gasteiger charge is -2.23. The maximum absolute atomic E-state index is 10.9. The van der Waals surface area contributed by atoms with Gasteiger partial charge in [0.05, 0.1) is 24.4 Å². The standard InChI is InChI=1S/C17H28O5/c18-13(8-4-7-11-5-2-1-3-6-11)17-12(9-16(21)22)14(19)10-15(17)20/h8,11-12,14-15,17-20H,1-7,9-10H2,(H,21,22)/t12-,14-,15+,17-/m0/s1. The summed E-state index contributed by atoms with van der Waals surface area (Å²) in [5.41, 5.74) is 0. The molecule has 126 valence electrons. The predicted molar refractivity (Wildman–Crippen MR) is 82.4 cm³/mol. The van der Waals surface area contributed by atoms with Crippen molar-refractivity contribution in [2.45, 2.75) is 70.0 Å². The number of hydrogen-bond acceptors (Lipinski definition) is 4. The van der Waals surface area contributed by atoms with E-state index in [1.54, 1.807) is 6.08 Å². The van der Waals surface area contributed by atoms with Crippen molar-refractivity contribution in [3.05, 3.63) is 11.8 Å². The highest BCUT2D eigenvalue weighted by Gasteiger charge is 2.44. The molecule has 2 aliphatic carbocycles. The summed E-state index contributed by atoms with van der Waals surface area (Å²) in [5.74, 6) is -1.52. The molecule has 5 nitrogen and oxygen atoms in total. The molecule has 2 fully saturated rings. The number of aliphatic hydroxyl groups is 3. The Morgan fingerprint density at radius 2 is 1.73 bits per heavy atom. The zero-order chi connectivity index (χ0) is 16.1. The van der Waals surface area contributed by atoms with Crippen LogP contribution in [0.25, 0.3) is 0 Å². The van der Waals surface area contributed by atoms with Crippen LogP contribution in [-0.2, 0) is 4.79 Å². The number of rotatable bonds is 6. The van der Waals surface area contributed by atoms with Crippen LogP contribution in [0, 0.1) is 17.8 Å². The Hall–Kier alpha value is -1.07. The van der Waals surface area contributed by atoms with E-state index in [0.717, 1.165) is 12.8 Å². The summed E-state index contributed by atoms with van der Waals surface area (Å²) in [6.07, 6.45) is 8.04. The molecule has 0 unspecified atom stereocenters. The number of carboxylic acids is 1. The van der Waals surface area contributed by atoms with Gasteiger partial charge < -0.3 is 20.4 Å². The molecule has 0 radical (unpaired) electrons. The van der Waals surface area contributed by atoms with E-state index < -0.39 is 30.0 Å². The first kappa shape index (κ1) is 17.3. The van der Waals surface area contributed by atoms with Crippen LogP contribution in [0.4, 0.5) is 0 Å². The molecule has 0 amide bonds. The Balaban J connectivity index is 1.91. The minimum atomic E-state index is -1.02. The number of allylic oxidation sites excluding steroid dienone is 1. The second kappa shape index (κ2) is 7.97. The van der Waals surface area contributed by atoms with Crippen molar-refractivity contribution in [2.75, 3.05) is 0 Å². The molecule has 2 saturated carbocycles. The summed E-state index contributed by atoms with van der Waals surface area (Å²) in [7, 11) is 0. The molecule has 0 saturated heterocycles. The maximum atomic E-state index is 10.9. The quantitative estimate of drug-likeness (QED) is 0.565. The summed E-state index contributed by atoms with van der Waals surface area (Å²) in [6.45, 7) is 0. The molecule has 22 heavy (non-hydrogen) atoms. The van der Waals surface area contributed by atoms with Gasteiger partial charge in [-0.3, -0.25) is 4.79 Å². The van der Waals surface area contributed by atoms with Crippen molar-refractivity contribution in [1.82, 2.24) is 0 Å². The fraction of sp³-hybridized carbons (Fsp3) is 0.824. The van der Waals surface area contributed by atoms with E-state index in [9.17, 15) is 20.1 Å². The average Bonchev–Trinajstić information content (AvgIpc) is 2.73. The third kappa shape index (κ3) is 4.46. The monoisotopic (exact) mass is 312 g/mol. The van der Waals surface area contributed by atoms with Crippen LogP contribution in [0.3, 0.4) is 0 Å². The van der Waals surface area contributed by atoms with Gasteiger partial charge in [0.25, 0.3) is 0 Å². The first-order chi connectivity index (χ1) is 10.5. The van der Waals surface area contributed by atoms with E-state index in [1.807, 2.05) is 0 Å². The van der Waals surface area contributed by atoms with Gasteiger partial charge in [0, 0.05) is 18.3 Å². The summed E-state index contributed by atoms with van der Waals surface area (Å²) in [5, 5.41) is 39.1. The van der Waals surface area contributed by atoms with E-state index in [2.05, 4.69) is 0 Å². The highest BCUT2D eigenvalue weighted by Crippen LogP contribution is 2.39. The second-order valence-electron chi connectivity index (χ2n) is 6.87. The number of aliphatic carboxylic acids is 1. The molecule has 0 aromatic heterocycles. The topological polar surface area (TPSA) is 98.0 Å². The number of carbonyl (C=O) groups is 1. The van der Waals surface area contributed by atoms with Crippen LogP contribution in [0.15, 0.2) is 11.8 Å². The van der Waals surface area contributed by atoms with E-state index in [4.69, 9.17) is 5.11 Å². The molecular formula is C17H28O5. The van der Waals surface area contributed by atoms with Crippen molar-refractivity contribution in [3.63, 3.8) is 0 Å². The SMILES string of the molecule is O=C(O)C[C@@H]1[C@@H](C(O)=CCCC2CCCCC2)[C@H](O)C[C@@H]1O.